The van der Waals surface area contributed by atoms with E-state index in [1.54, 1.807) is 14.0 Å². The first-order chi connectivity index (χ1) is 5.24. The van der Waals surface area contributed by atoms with E-state index in [9.17, 15) is 4.79 Å². The molecule has 0 saturated heterocycles. The fraction of sp³-hybridized carbons (Fsp3) is 0.600. The second-order valence-corrected chi connectivity index (χ2v) is 1.95. The van der Waals surface area contributed by atoms with Crippen molar-refractivity contribution in [1.82, 2.24) is 16.1 Å². The van der Waals surface area contributed by atoms with Crippen molar-refractivity contribution in [1.29, 1.82) is 0 Å². The zero-order valence-electron chi connectivity index (χ0n) is 6.42. The van der Waals surface area contributed by atoms with Crippen LogP contribution in [0.1, 0.15) is 6.92 Å². The van der Waals surface area contributed by atoms with Gasteiger partial charge in [0.05, 0.1) is 6.61 Å². The highest BCUT2D eigenvalue weighted by atomic mass is 16.5. The van der Waals surface area contributed by atoms with Gasteiger partial charge in [0.15, 0.2) is 0 Å². The molecule has 6 heteroatoms. The first-order valence-electron chi connectivity index (χ1n) is 3.25. The van der Waals surface area contributed by atoms with Gasteiger partial charge >= 0.3 is 5.97 Å². The maximum Gasteiger partial charge on any atom is 0.377 e. The number of nitrogens with one attached hydrogen (secondary N) is 2. The molecule has 0 fully saturated rings. The molecule has 0 aromatic carbocycles. The molecule has 0 atom stereocenters. The molecule has 1 aliphatic heterocycles. The first-order valence-corrected chi connectivity index (χ1v) is 3.25. The van der Waals surface area contributed by atoms with Crippen LogP contribution < -0.4 is 11.0 Å². The van der Waals surface area contributed by atoms with Gasteiger partial charge in [0.2, 0.25) is 5.84 Å². The molecule has 1 rings (SSSR count). The van der Waals surface area contributed by atoms with Crippen molar-refractivity contribution in [2.24, 2.45) is 5.10 Å². The number of esters is 1. The van der Waals surface area contributed by atoms with Gasteiger partial charge in [-0.2, -0.15) is 0 Å². The van der Waals surface area contributed by atoms with Gasteiger partial charge in [-0.15, -0.1) is 10.2 Å². The predicted molar refractivity (Wildman–Crippen MR) is 38.1 cm³/mol. The summed E-state index contributed by atoms with van der Waals surface area (Å²) in [6, 6.07) is 0. The van der Waals surface area contributed by atoms with Crippen molar-refractivity contribution < 1.29 is 9.53 Å². The third kappa shape index (κ3) is 1.81. The van der Waals surface area contributed by atoms with E-state index in [1.165, 1.54) is 5.12 Å². The van der Waals surface area contributed by atoms with Crippen LogP contribution in [0.2, 0.25) is 0 Å². The Morgan fingerprint density at radius 2 is 2.55 bits per heavy atom. The summed E-state index contributed by atoms with van der Waals surface area (Å²) in [7, 11) is 1.69. The van der Waals surface area contributed by atoms with Crippen LogP contribution in [0.5, 0.6) is 0 Å². The summed E-state index contributed by atoms with van der Waals surface area (Å²) in [5.74, 6) is -0.279. The van der Waals surface area contributed by atoms with Crippen LogP contribution in [0.4, 0.5) is 0 Å². The largest absolute Gasteiger partial charge is 0.460 e. The average Bonchev–Trinajstić information content (AvgIpc) is 2.36. The molecule has 1 aliphatic rings. The average molecular weight is 158 g/mol. The molecule has 0 spiro atoms. The molecule has 0 saturated carbocycles. The number of hydrazine groups is 2. The SMILES string of the molecule is CCOC(=O)C1=NNN(C)N1. The number of hydrogen-bond donors (Lipinski definition) is 2. The summed E-state index contributed by atoms with van der Waals surface area (Å²) in [6.45, 7) is 2.09. The first kappa shape index (κ1) is 7.80. The highest BCUT2D eigenvalue weighted by Crippen LogP contribution is 1.87. The van der Waals surface area contributed by atoms with Gasteiger partial charge in [-0.05, 0) is 6.92 Å². The Labute approximate surface area is 64.1 Å². The topological polar surface area (TPSA) is 66.0 Å². The standard InChI is InChI=1S/C5H10N4O2/c1-3-11-5(10)4-6-8-9(2)7-4/h8H,3H2,1-2H3,(H,6,7). The van der Waals surface area contributed by atoms with Crippen molar-refractivity contribution >= 4 is 11.8 Å². The van der Waals surface area contributed by atoms with Crippen molar-refractivity contribution in [3.8, 4) is 0 Å². The van der Waals surface area contributed by atoms with E-state index in [1.807, 2.05) is 0 Å². The summed E-state index contributed by atoms with van der Waals surface area (Å²) in [4.78, 5) is 10.9. The van der Waals surface area contributed by atoms with Crippen LogP contribution in [0.15, 0.2) is 5.10 Å². The van der Waals surface area contributed by atoms with Gasteiger partial charge in [-0.1, -0.05) is 0 Å². The van der Waals surface area contributed by atoms with Crippen LogP contribution in [0.3, 0.4) is 0 Å². The van der Waals surface area contributed by atoms with E-state index in [-0.39, 0.29) is 5.84 Å². The number of carbonyl (C=O) groups excluding carboxylic acids is 1. The number of amidine groups is 1. The number of ether oxygens (including phenoxy) is 1. The molecular weight excluding hydrogens is 148 g/mol. The third-order valence-corrected chi connectivity index (χ3v) is 1.05. The summed E-state index contributed by atoms with van der Waals surface area (Å²) in [5, 5.41) is 5.09. The molecule has 6 nitrogen and oxygen atoms in total. The van der Waals surface area contributed by atoms with Gasteiger partial charge in [0, 0.05) is 7.05 Å². The Bertz CT molecular complexity index is 191. The van der Waals surface area contributed by atoms with Crippen LogP contribution in [-0.4, -0.2) is 30.6 Å². The minimum Gasteiger partial charge on any atom is -0.460 e. The maximum atomic E-state index is 10.9. The monoisotopic (exact) mass is 158 g/mol. The van der Waals surface area contributed by atoms with Crippen molar-refractivity contribution in [3.05, 3.63) is 0 Å². The zero-order valence-corrected chi connectivity index (χ0v) is 6.42. The predicted octanol–water partition coefficient (Wildman–Crippen LogP) is -1.18. The van der Waals surface area contributed by atoms with Gasteiger partial charge in [0.25, 0.3) is 0 Å². The molecule has 62 valence electrons. The molecule has 11 heavy (non-hydrogen) atoms. The lowest BCUT2D eigenvalue weighted by Crippen LogP contribution is -2.40. The summed E-state index contributed by atoms with van der Waals surface area (Å²) < 4.78 is 4.68. The second kappa shape index (κ2) is 3.20. The van der Waals surface area contributed by atoms with Crippen LogP contribution in [-0.2, 0) is 9.53 Å². The van der Waals surface area contributed by atoms with Crippen LogP contribution in [0.25, 0.3) is 0 Å². The van der Waals surface area contributed by atoms with Gasteiger partial charge in [0.1, 0.15) is 0 Å². The van der Waals surface area contributed by atoms with Gasteiger partial charge in [-0.3, -0.25) is 5.43 Å². The van der Waals surface area contributed by atoms with E-state index >= 15 is 0 Å². The number of nitrogens with zero attached hydrogens (tertiary/aromatic N) is 2. The summed E-state index contributed by atoms with van der Waals surface area (Å²) >= 11 is 0. The maximum absolute atomic E-state index is 10.9. The molecule has 0 unspecified atom stereocenters. The Morgan fingerprint density at radius 1 is 1.82 bits per heavy atom. The number of hydrogen-bond acceptors (Lipinski definition) is 6. The van der Waals surface area contributed by atoms with E-state index < -0.39 is 5.97 Å². The Balaban J connectivity index is 2.43. The highest BCUT2D eigenvalue weighted by molar-refractivity contribution is 6.35. The van der Waals surface area contributed by atoms with E-state index in [0.29, 0.717) is 6.61 Å². The van der Waals surface area contributed by atoms with E-state index in [0.717, 1.165) is 0 Å². The van der Waals surface area contributed by atoms with Gasteiger partial charge in [-0.25, -0.2) is 10.3 Å². The lowest BCUT2D eigenvalue weighted by atomic mass is 10.6. The van der Waals surface area contributed by atoms with Gasteiger partial charge < -0.3 is 4.74 Å². The fourth-order valence-electron chi connectivity index (χ4n) is 0.625. The van der Waals surface area contributed by atoms with Crippen molar-refractivity contribution in [3.63, 3.8) is 0 Å². The molecule has 0 amide bonds. The minimum atomic E-state index is -0.454. The van der Waals surface area contributed by atoms with Crippen molar-refractivity contribution in [2.45, 2.75) is 6.92 Å². The minimum absolute atomic E-state index is 0.175. The normalized spacial score (nSPS) is 16.7. The molecule has 0 radical (unpaired) electrons. The zero-order chi connectivity index (χ0) is 8.27. The lowest BCUT2D eigenvalue weighted by molar-refractivity contribution is -0.135. The molecular formula is C5H10N4O2. The molecule has 0 aromatic heterocycles. The Hall–Kier alpha value is -1.30. The molecule has 0 aromatic rings. The molecule has 2 N–H and O–H groups in total. The molecule has 0 bridgehead atoms. The summed E-state index contributed by atoms with van der Waals surface area (Å²) in [6.07, 6.45) is 0. The molecule has 0 aliphatic carbocycles. The van der Waals surface area contributed by atoms with Crippen LogP contribution in [0, 0.1) is 0 Å². The molecule has 1 heterocycles. The highest BCUT2D eigenvalue weighted by Gasteiger charge is 2.18. The van der Waals surface area contributed by atoms with Crippen molar-refractivity contribution in [2.75, 3.05) is 13.7 Å². The quantitative estimate of drug-likeness (QED) is 0.495. The number of hydrazone groups is 1. The van der Waals surface area contributed by atoms with Crippen LogP contribution >= 0.6 is 0 Å². The third-order valence-electron chi connectivity index (χ3n) is 1.05. The number of carbonyl (C=O) groups is 1. The van der Waals surface area contributed by atoms with E-state index in [2.05, 4.69) is 20.8 Å². The Morgan fingerprint density at radius 3 is 3.00 bits per heavy atom. The van der Waals surface area contributed by atoms with E-state index in [4.69, 9.17) is 0 Å². The summed E-state index contributed by atoms with van der Waals surface area (Å²) in [5.41, 5.74) is 5.15. The second-order valence-electron chi connectivity index (χ2n) is 1.95. The lowest BCUT2D eigenvalue weighted by Gasteiger charge is -2.06. The Kier molecular flexibility index (Phi) is 2.27. The number of rotatable bonds is 2. The smallest absolute Gasteiger partial charge is 0.377 e. The fourth-order valence-corrected chi connectivity index (χ4v) is 0.625.